The summed E-state index contributed by atoms with van der Waals surface area (Å²) in [7, 11) is 0. The molecule has 0 amide bonds. The summed E-state index contributed by atoms with van der Waals surface area (Å²) in [6.07, 6.45) is 16.1. The van der Waals surface area contributed by atoms with Crippen LogP contribution in [-0.2, 0) is 4.79 Å². The van der Waals surface area contributed by atoms with Crippen LogP contribution in [0, 0.1) is 0 Å². The van der Waals surface area contributed by atoms with Gasteiger partial charge in [-0.1, -0.05) is 45.4 Å². The molecular weight excluding hydrogens is 262 g/mol. The number of carboxylic acids is 1. The zero-order valence-corrected chi connectivity index (χ0v) is 14.6. The van der Waals surface area contributed by atoms with Gasteiger partial charge in [0.2, 0.25) is 0 Å². The third kappa shape index (κ3) is 14.1. The second kappa shape index (κ2) is 14.4. The van der Waals surface area contributed by atoms with Gasteiger partial charge in [-0.15, -0.1) is 0 Å². The van der Waals surface area contributed by atoms with Gasteiger partial charge in [-0.3, -0.25) is 0 Å². The van der Waals surface area contributed by atoms with Gasteiger partial charge in [0.15, 0.2) is 0 Å². The van der Waals surface area contributed by atoms with Crippen molar-refractivity contribution in [2.24, 2.45) is 0 Å². The van der Waals surface area contributed by atoms with Crippen LogP contribution in [-0.4, -0.2) is 25.1 Å². The maximum absolute atomic E-state index is 8.89. The zero-order chi connectivity index (χ0) is 15.9. The number of carbonyl (C=O) groups is 1. The third-order valence-electron chi connectivity index (χ3n) is 4.43. The molecule has 1 N–H and O–H groups in total. The lowest BCUT2D eigenvalue weighted by Gasteiger charge is -2.30. The quantitative estimate of drug-likeness (QED) is 0.664. The Morgan fingerprint density at radius 1 is 1.05 bits per heavy atom. The Hall–Kier alpha value is -0.570. The summed E-state index contributed by atoms with van der Waals surface area (Å²) < 4.78 is 0. The molecule has 1 rings (SSSR count). The lowest BCUT2D eigenvalue weighted by Crippen LogP contribution is -3.16. The molecule has 1 heterocycles. The van der Waals surface area contributed by atoms with E-state index in [9.17, 15) is 0 Å². The molecule has 1 saturated heterocycles. The molecule has 0 aromatic heterocycles. The number of piperidine rings is 1. The summed E-state index contributed by atoms with van der Waals surface area (Å²) in [6, 6.07) is 0.938. The van der Waals surface area contributed by atoms with E-state index in [2.05, 4.69) is 13.8 Å². The van der Waals surface area contributed by atoms with Crippen LogP contribution in [0.1, 0.15) is 91.4 Å². The molecule has 21 heavy (non-hydrogen) atoms. The molecule has 0 radical (unpaired) electrons. The van der Waals surface area contributed by atoms with E-state index >= 15 is 0 Å². The van der Waals surface area contributed by atoms with Gasteiger partial charge in [0.25, 0.3) is 0 Å². The fourth-order valence-electron chi connectivity index (χ4n) is 3.11. The maximum Gasteiger partial charge on any atom is 0.0846 e. The molecule has 0 spiro atoms. The summed E-state index contributed by atoms with van der Waals surface area (Å²) in [5, 5.41) is 8.89. The van der Waals surface area contributed by atoms with E-state index in [1.165, 1.54) is 83.7 Å². The minimum atomic E-state index is -1.08. The molecule has 0 aliphatic carbocycles. The average Bonchev–Trinajstić information content (AvgIpc) is 2.43. The molecule has 1 fully saturated rings. The van der Waals surface area contributed by atoms with Crippen LogP contribution in [0.15, 0.2) is 0 Å². The fourth-order valence-corrected chi connectivity index (χ4v) is 3.11. The van der Waals surface area contributed by atoms with Crippen LogP contribution in [0.3, 0.4) is 0 Å². The number of quaternary nitrogens is 1. The average molecular weight is 299 g/mol. The highest BCUT2D eigenvalue weighted by Crippen LogP contribution is 2.08. The Morgan fingerprint density at radius 2 is 1.57 bits per heavy atom. The molecule has 1 aliphatic heterocycles. The monoisotopic (exact) mass is 299 g/mol. The molecule has 2 unspecified atom stereocenters. The van der Waals surface area contributed by atoms with Gasteiger partial charge >= 0.3 is 0 Å². The highest BCUT2D eigenvalue weighted by molar-refractivity contribution is 5.60. The van der Waals surface area contributed by atoms with Crippen LogP contribution in [0.4, 0.5) is 0 Å². The summed E-state index contributed by atoms with van der Waals surface area (Å²) in [4.78, 5) is 10.8. The van der Waals surface area contributed by atoms with Crippen molar-refractivity contribution in [3.05, 3.63) is 0 Å². The number of likely N-dealkylation sites (tertiary alicyclic amines) is 1. The van der Waals surface area contributed by atoms with E-state index in [0.29, 0.717) is 0 Å². The Morgan fingerprint density at radius 3 is 2.10 bits per heavy atom. The number of rotatable bonds is 9. The van der Waals surface area contributed by atoms with Gasteiger partial charge in [-0.25, -0.2) is 0 Å². The highest BCUT2D eigenvalue weighted by Gasteiger charge is 2.20. The molecule has 3 heteroatoms. The molecule has 0 aromatic carbocycles. The topological polar surface area (TPSA) is 44.6 Å². The van der Waals surface area contributed by atoms with E-state index < -0.39 is 5.97 Å². The predicted octanol–water partition coefficient (Wildman–Crippen LogP) is 2.34. The number of unbranched alkanes of at least 4 members (excludes halogenated alkanes) is 7. The Bertz CT molecular complexity index is 239. The molecule has 0 aromatic rings. The summed E-state index contributed by atoms with van der Waals surface area (Å²) in [6.45, 7) is 8.59. The fraction of sp³-hybridized carbons (Fsp3) is 0.944. The second-order valence-electron chi connectivity index (χ2n) is 6.52. The molecule has 2 atom stereocenters. The first kappa shape index (κ1) is 20.4. The van der Waals surface area contributed by atoms with Crippen LogP contribution >= 0.6 is 0 Å². The van der Waals surface area contributed by atoms with Crippen molar-refractivity contribution in [3.8, 4) is 0 Å². The molecule has 1 aliphatic rings. The van der Waals surface area contributed by atoms with Gasteiger partial charge in [0.05, 0.1) is 19.1 Å². The lowest BCUT2D eigenvalue weighted by molar-refractivity contribution is -0.928. The minimum absolute atomic E-state index is 0.938. The van der Waals surface area contributed by atoms with E-state index in [4.69, 9.17) is 9.90 Å². The SMILES string of the molecule is CC(=O)[O-].CCCCCCCCCC[NH+]1CCCCC1C. The first-order chi connectivity index (χ1) is 10.1. The van der Waals surface area contributed by atoms with E-state index in [1.807, 2.05) is 4.90 Å². The van der Waals surface area contributed by atoms with Crippen molar-refractivity contribution >= 4 is 5.97 Å². The smallest absolute Gasteiger partial charge is 0.0846 e. The van der Waals surface area contributed by atoms with Crippen LogP contribution in [0.25, 0.3) is 0 Å². The normalized spacial score (nSPS) is 21.5. The Kier molecular flexibility index (Phi) is 14.0. The molecule has 0 saturated carbocycles. The lowest BCUT2D eigenvalue weighted by atomic mass is 10.0. The van der Waals surface area contributed by atoms with Gasteiger partial charge in [0, 0.05) is 5.97 Å². The van der Waals surface area contributed by atoms with Crippen molar-refractivity contribution in [3.63, 3.8) is 0 Å². The van der Waals surface area contributed by atoms with Crippen molar-refractivity contribution in [1.82, 2.24) is 0 Å². The van der Waals surface area contributed by atoms with Crippen LogP contribution in [0.2, 0.25) is 0 Å². The van der Waals surface area contributed by atoms with E-state index in [-0.39, 0.29) is 0 Å². The van der Waals surface area contributed by atoms with Crippen LogP contribution < -0.4 is 10.0 Å². The van der Waals surface area contributed by atoms with Crippen molar-refractivity contribution < 1.29 is 14.8 Å². The predicted molar refractivity (Wildman–Crippen MR) is 87.3 cm³/mol. The Labute approximate surface area is 132 Å². The number of nitrogens with one attached hydrogen (secondary N) is 1. The number of carboxylic acid groups (broad SMARTS) is 1. The number of hydrogen-bond donors (Lipinski definition) is 1. The largest absolute Gasteiger partial charge is 0.550 e. The van der Waals surface area contributed by atoms with Gasteiger partial charge < -0.3 is 14.8 Å². The summed E-state index contributed by atoms with van der Waals surface area (Å²) >= 11 is 0. The van der Waals surface area contributed by atoms with Crippen molar-refractivity contribution in [2.45, 2.75) is 97.4 Å². The Balaban J connectivity index is 0.000000885. The highest BCUT2D eigenvalue weighted by atomic mass is 16.4. The van der Waals surface area contributed by atoms with Gasteiger partial charge in [-0.05, 0) is 46.0 Å². The third-order valence-corrected chi connectivity index (χ3v) is 4.43. The zero-order valence-electron chi connectivity index (χ0n) is 14.6. The molecular formula is C18H37NO2. The first-order valence-corrected chi connectivity index (χ1v) is 9.10. The maximum atomic E-state index is 8.89. The molecule has 3 nitrogen and oxygen atoms in total. The van der Waals surface area contributed by atoms with Crippen LogP contribution in [0.5, 0.6) is 0 Å². The number of hydrogen-bond acceptors (Lipinski definition) is 2. The molecule has 0 bridgehead atoms. The summed E-state index contributed by atoms with van der Waals surface area (Å²) in [5.74, 6) is -1.08. The first-order valence-electron chi connectivity index (χ1n) is 9.10. The molecule has 126 valence electrons. The number of carbonyl (C=O) groups excluding carboxylic acids is 1. The van der Waals surface area contributed by atoms with E-state index in [1.54, 1.807) is 0 Å². The standard InChI is InChI=1S/C16H33N.C2H4O2/c1-3-4-5-6-7-8-9-11-14-17-15-12-10-13-16(17)2;1-2(3)4/h16H,3-15H2,1-2H3;1H3,(H,3,4). The van der Waals surface area contributed by atoms with Gasteiger partial charge in [0.1, 0.15) is 0 Å². The van der Waals surface area contributed by atoms with E-state index in [0.717, 1.165) is 13.0 Å². The second-order valence-corrected chi connectivity index (χ2v) is 6.52. The van der Waals surface area contributed by atoms with Crippen molar-refractivity contribution in [2.75, 3.05) is 13.1 Å². The van der Waals surface area contributed by atoms with Gasteiger partial charge in [-0.2, -0.15) is 0 Å². The minimum Gasteiger partial charge on any atom is -0.550 e. The number of aliphatic carboxylic acids is 1. The summed E-state index contributed by atoms with van der Waals surface area (Å²) in [5.41, 5.74) is 0. The van der Waals surface area contributed by atoms with Crippen molar-refractivity contribution in [1.29, 1.82) is 0 Å².